The van der Waals surface area contributed by atoms with Crippen molar-refractivity contribution in [2.45, 2.75) is 7.53 Å². The lowest BCUT2D eigenvalue weighted by atomic mass is 9.96. The maximum absolute atomic E-state index is 11.0. The van der Waals surface area contributed by atoms with Gasteiger partial charge < -0.3 is 10.2 Å². The number of aliphatic carboxylic acids is 1. The van der Waals surface area contributed by atoms with Crippen molar-refractivity contribution >= 4 is 51.2 Å². The summed E-state index contributed by atoms with van der Waals surface area (Å²) in [6.07, 6.45) is 0. The van der Waals surface area contributed by atoms with Crippen molar-refractivity contribution in [1.29, 1.82) is 0 Å². The van der Waals surface area contributed by atoms with Gasteiger partial charge in [0.25, 0.3) is 0 Å². The van der Waals surface area contributed by atoms with Crippen molar-refractivity contribution in [1.82, 2.24) is 0 Å². The first kappa shape index (κ1) is 12.2. The van der Waals surface area contributed by atoms with Crippen LogP contribution in [0.2, 0.25) is 0 Å². The Balaban J connectivity index is 3.20. The molecule has 1 atom stereocenters. The summed E-state index contributed by atoms with van der Waals surface area (Å²) >= 11 is 3.79. The van der Waals surface area contributed by atoms with E-state index in [1.165, 1.54) is 0 Å². The molecule has 0 aliphatic heterocycles. The molecule has 0 fully saturated rings. The van der Waals surface area contributed by atoms with Crippen LogP contribution in [0, 0.1) is 0 Å². The van der Waals surface area contributed by atoms with E-state index < -0.39 is 13.5 Å². The number of carboxylic acids is 1. The fourth-order valence-electron chi connectivity index (χ4n) is 1.04. The van der Waals surface area contributed by atoms with Crippen LogP contribution in [-0.4, -0.2) is 18.1 Å². The number of carboxylic acid groups (broad SMARTS) is 1. The number of hydrogen-bond donors (Lipinski definition) is 2. The van der Waals surface area contributed by atoms with Gasteiger partial charge in [-0.25, -0.2) is 4.79 Å². The maximum atomic E-state index is 11.0. The van der Waals surface area contributed by atoms with E-state index in [0.717, 1.165) is 0 Å². The maximum Gasteiger partial charge on any atom is 0.342 e. The minimum atomic E-state index is -1.82. The molecule has 1 rings (SSSR count). The predicted octanol–water partition coefficient (Wildman–Crippen LogP) is 2.15. The molecular weight excluding hydrogens is 410 g/mol. The van der Waals surface area contributed by atoms with E-state index in [9.17, 15) is 9.90 Å². The van der Waals surface area contributed by atoms with Crippen LogP contribution >= 0.6 is 45.2 Å². The predicted molar refractivity (Wildman–Crippen MR) is 69.8 cm³/mol. The lowest BCUT2D eigenvalue weighted by molar-refractivity contribution is -0.157. The monoisotopic (exact) mass is 418 g/mol. The second-order valence-electron chi connectivity index (χ2n) is 2.74. The Hall–Kier alpha value is 0.110. The molecule has 3 nitrogen and oxygen atoms in total. The number of aliphatic hydroxyl groups is 1. The zero-order chi connectivity index (χ0) is 10.8. The minimum Gasteiger partial charge on any atom is -0.479 e. The van der Waals surface area contributed by atoms with Crippen LogP contribution in [0.15, 0.2) is 30.3 Å². The molecule has 5 heteroatoms. The summed E-state index contributed by atoms with van der Waals surface area (Å²) in [7, 11) is 0. The number of halogens is 2. The van der Waals surface area contributed by atoms with E-state index in [4.69, 9.17) is 5.11 Å². The molecule has 1 aromatic carbocycles. The van der Waals surface area contributed by atoms with Gasteiger partial charge in [-0.1, -0.05) is 75.5 Å². The van der Waals surface area contributed by atoms with E-state index in [0.29, 0.717) is 5.56 Å². The van der Waals surface area contributed by atoms with E-state index >= 15 is 0 Å². The molecule has 0 saturated carbocycles. The molecule has 0 spiro atoms. The third-order valence-electron chi connectivity index (χ3n) is 1.86. The summed E-state index contributed by atoms with van der Waals surface area (Å²) in [4.78, 5) is 11.0. The summed E-state index contributed by atoms with van der Waals surface area (Å²) in [5, 5.41) is 19.0. The molecule has 14 heavy (non-hydrogen) atoms. The highest BCUT2D eigenvalue weighted by Crippen LogP contribution is 2.34. The van der Waals surface area contributed by atoms with Gasteiger partial charge in [-0.2, -0.15) is 0 Å². The highest BCUT2D eigenvalue weighted by atomic mass is 127. The molecule has 0 aliphatic carbocycles. The van der Waals surface area contributed by atoms with E-state index in [2.05, 4.69) is 0 Å². The molecule has 0 amide bonds. The standard InChI is InChI=1S/C9H8I2O3/c10-7(11)9(14,8(12)13)6-4-2-1-3-5-6/h1-5,7,14H,(H,12,13). The first-order valence-electron chi connectivity index (χ1n) is 3.79. The zero-order valence-corrected chi connectivity index (χ0v) is 11.3. The lowest BCUT2D eigenvalue weighted by Crippen LogP contribution is -2.41. The zero-order valence-electron chi connectivity index (χ0n) is 7.02. The van der Waals surface area contributed by atoms with Gasteiger partial charge in [0.1, 0.15) is 1.93 Å². The molecular formula is C9H8I2O3. The molecule has 0 radical (unpaired) electrons. The fraction of sp³-hybridized carbons (Fsp3) is 0.222. The van der Waals surface area contributed by atoms with E-state index in [1.54, 1.807) is 30.3 Å². The average molecular weight is 418 g/mol. The molecule has 0 aromatic heterocycles. The largest absolute Gasteiger partial charge is 0.479 e. The minimum absolute atomic E-state index is 0.404. The Labute approximate surface area is 109 Å². The van der Waals surface area contributed by atoms with Crippen molar-refractivity contribution in [3.05, 3.63) is 35.9 Å². The van der Waals surface area contributed by atoms with Gasteiger partial charge in [-0.3, -0.25) is 0 Å². The molecule has 2 N–H and O–H groups in total. The second-order valence-corrected chi connectivity index (χ2v) is 7.61. The van der Waals surface area contributed by atoms with Crippen LogP contribution in [0.1, 0.15) is 5.56 Å². The highest BCUT2D eigenvalue weighted by Gasteiger charge is 2.43. The number of alkyl halides is 2. The Bertz CT molecular complexity index is 326. The number of rotatable bonds is 3. The van der Waals surface area contributed by atoms with Crippen molar-refractivity contribution < 1.29 is 15.0 Å². The average Bonchev–Trinajstić information content (AvgIpc) is 2.17. The Morgan fingerprint density at radius 1 is 1.29 bits per heavy atom. The topological polar surface area (TPSA) is 57.5 Å². The number of hydrogen-bond acceptors (Lipinski definition) is 2. The molecule has 0 saturated heterocycles. The molecule has 1 unspecified atom stereocenters. The summed E-state index contributed by atoms with van der Waals surface area (Å²) < 4.78 is -0.433. The van der Waals surface area contributed by atoms with Crippen LogP contribution in [0.25, 0.3) is 0 Å². The first-order valence-corrected chi connectivity index (χ1v) is 6.28. The first-order chi connectivity index (χ1) is 6.49. The quantitative estimate of drug-likeness (QED) is 0.585. The molecule has 0 bridgehead atoms. The van der Waals surface area contributed by atoms with Crippen LogP contribution in [0.4, 0.5) is 0 Å². The Morgan fingerprint density at radius 2 is 1.79 bits per heavy atom. The second kappa shape index (κ2) is 4.75. The van der Waals surface area contributed by atoms with Crippen molar-refractivity contribution in [3.63, 3.8) is 0 Å². The van der Waals surface area contributed by atoms with Gasteiger partial charge >= 0.3 is 5.97 Å². The normalized spacial score (nSPS) is 15.1. The van der Waals surface area contributed by atoms with Gasteiger partial charge in [0.15, 0.2) is 0 Å². The highest BCUT2D eigenvalue weighted by molar-refractivity contribution is 14.2. The smallest absolute Gasteiger partial charge is 0.342 e. The van der Waals surface area contributed by atoms with Gasteiger partial charge in [0.2, 0.25) is 5.60 Å². The van der Waals surface area contributed by atoms with Crippen molar-refractivity contribution in [2.75, 3.05) is 0 Å². The lowest BCUT2D eigenvalue weighted by Gasteiger charge is -2.25. The Morgan fingerprint density at radius 3 is 2.14 bits per heavy atom. The fourth-order valence-corrected chi connectivity index (χ4v) is 2.29. The summed E-state index contributed by atoms with van der Waals surface area (Å²) in [5.41, 5.74) is -1.41. The molecule has 76 valence electrons. The number of carbonyl (C=O) groups is 1. The van der Waals surface area contributed by atoms with Crippen LogP contribution in [0.3, 0.4) is 0 Å². The summed E-state index contributed by atoms with van der Waals surface area (Å²) in [6, 6.07) is 8.41. The molecule has 1 aromatic rings. The van der Waals surface area contributed by atoms with Crippen molar-refractivity contribution in [3.8, 4) is 0 Å². The summed E-state index contributed by atoms with van der Waals surface area (Å²) in [6.45, 7) is 0. The SMILES string of the molecule is O=C(O)C(O)(c1ccccc1)C(I)I. The molecule has 0 aliphatic rings. The van der Waals surface area contributed by atoms with Gasteiger partial charge in [0, 0.05) is 0 Å². The van der Waals surface area contributed by atoms with E-state index in [-0.39, 0.29) is 0 Å². The van der Waals surface area contributed by atoms with Gasteiger partial charge in [0.05, 0.1) is 0 Å². The van der Waals surface area contributed by atoms with E-state index in [1.807, 2.05) is 45.2 Å². The number of benzene rings is 1. The molecule has 0 heterocycles. The summed E-state index contributed by atoms with van der Waals surface area (Å²) in [5.74, 6) is -1.22. The van der Waals surface area contributed by atoms with Gasteiger partial charge in [-0.15, -0.1) is 0 Å². The Kier molecular flexibility index (Phi) is 4.14. The van der Waals surface area contributed by atoms with Gasteiger partial charge in [-0.05, 0) is 5.56 Å². The van der Waals surface area contributed by atoms with Crippen molar-refractivity contribution in [2.24, 2.45) is 0 Å². The third-order valence-corrected chi connectivity index (χ3v) is 3.66. The van der Waals surface area contributed by atoms with Crippen LogP contribution < -0.4 is 0 Å². The van der Waals surface area contributed by atoms with Crippen LogP contribution in [-0.2, 0) is 10.4 Å². The van der Waals surface area contributed by atoms with Crippen LogP contribution in [0.5, 0.6) is 0 Å². The third kappa shape index (κ3) is 2.19.